The molecule has 0 atom stereocenters. The van der Waals surface area contributed by atoms with Crippen molar-refractivity contribution in [3.8, 4) is 16.9 Å². The van der Waals surface area contributed by atoms with Crippen LogP contribution in [0.4, 0.5) is 23.7 Å². The number of anilines is 1. The van der Waals surface area contributed by atoms with E-state index < -0.39 is 12.4 Å². The number of nitrogens with one attached hydrogen (secondary N) is 1. The van der Waals surface area contributed by atoms with Gasteiger partial charge in [0.25, 0.3) is 0 Å². The van der Waals surface area contributed by atoms with Gasteiger partial charge >= 0.3 is 12.4 Å². The van der Waals surface area contributed by atoms with E-state index in [-0.39, 0.29) is 11.4 Å². The monoisotopic (exact) mass is 496 g/mol. The molecule has 4 rings (SSSR count). The number of fused-ring (bicyclic) bond motifs is 1. The lowest BCUT2D eigenvalue weighted by atomic mass is 9.97. The van der Waals surface area contributed by atoms with E-state index in [1.54, 1.807) is 6.20 Å². The lowest BCUT2D eigenvalue weighted by Crippen LogP contribution is -2.20. The number of para-hydroxylation sites is 1. The van der Waals surface area contributed by atoms with E-state index in [4.69, 9.17) is 4.74 Å². The molecule has 0 spiro atoms. The maximum atomic E-state index is 13.2. The number of amides is 1. The fourth-order valence-corrected chi connectivity index (χ4v) is 3.95. The molecule has 0 fully saturated rings. The first-order valence-corrected chi connectivity index (χ1v) is 11.5. The summed E-state index contributed by atoms with van der Waals surface area (Å²) in [5.41, 5.74) is 3.83. The van der Waals surface area contributed by atoms with Gasteiger partial charge in [-0.15, -0.1) is 13.2 Å². The summed E-state index contributed by atoms with van der Waals surface area (Å²) in [5.74, 6) is -0.360. The number of alkyl halides is 3. The van der Waals surface area contributed by atoms with Crippen LogP contribution in [-0.2, 0) is 11.2 Å². The number of nitrogens with zero attached hydrogens (tertiary/aromatic N) is 1. The lowest BCUT2D eigenvalue weighted by molar-refractivity contribution is -0.274. The first-order chi connectivity index (χ1) is 17.0. The first kappa shape index (κ1) is 25.3. The van der Waals surface area contributed by atoms with Crippen molar-refractivity contribution in [2.75, 3.05) is 11.9 Å². The van der Waals surface area contributed by atoms with Gasteiger partial charge in [-0.1, -0.05) is 42.5 Å². The molecule has 1 heterocycles. The summed E-state index contributed by atoms with van der Waals surface area (Å²) in [6, 6.07) is 20.2. The zero-order chi connectivity index (χ0) is 25.9. The zero-order valence-electron chi connectivity index (χ0n) is 20.2. The van der Waals surface area contributed by atoms with Crippen molar-refractivity contribution < 1.29 is 27.4 Å². The highest BCUT2D eigenvalue weighted by molar-refractivity contribution is 6.04. The van der Waals surface area contributed by atoms with Crippen molar-refractivity contribution in [2.24, 2.45) is 0 Å². The molecule has 0 bridgehead atoms. The van der Waals surface area contributed by atoms with Crippen LogP contribution in [0, 0.1) is 0 Å². The van der Waals surface area contributed by atoms with Crippen molar-refractivity contribution in [3.63, 3.8) is 0 Å². The molecule has 0 aliphatic rings. The van der Waals surface area contributed by atoms with E-state index in [0.29, 0.717) is 24.2 Å². The van der Waals surface area contributed by atoms with E-state index in [2.05, 4.69) is 16.1 Å². The van der Waals surface area contributed by atoms with Crippen LogP contribution in [0.25, 0.3) is 22.0 Å². The minimum absolute atomic E-state index is 0.236. The number of aromatic nitrogens is 1. The Kier molecular flexibility index (Phi) is 7.08. The second-order valence-corrected chi connectivity index (χ2v) is 9.30. The van der Waals surface area contributed by atoms with Gasteiger partial charge in [0.1, 0.15) is 5.75 Å². The number of hydrogen-bond acceptors (Lipinski definition) is 3. The molecule has 36 heavy (non-hydrogen) atoms. The van der Waals surface area contributed by atoms with Gasteiger partial charge in [0.05, 0.1) is 17.7 Å². The minimum atomic E-state index is -4.78. The Morgan fingerprint density at radius 1 is 0.889 bits per heavy atom. The first-order valence-electron chi connectivity index (χ1n) is 11.5. The second-order valence-electron chi connectivity index (χ2n) is 9.30. The number of carbonyl (C=O) groups is 1. The largest absolute Gasteiger partial charge is 0.573 e. The van der Waals surface area contributed by atoms with E-state index >= 15 is 0 Å². The van der Waals surface area contributed by atoms with Gasteiger partial charge < -0.3 is 14.8 Å². The molecule has 5 nitrogen and oxygen atoms in total. The van der Waals surface area contributed by atoms with Crippen LogP contribution in [0.1, 0.15) is 26.3 Å². The second kappa shape index (κ2) is 10.1. The van der Waals surface area contributed by atoms with Gasteiger partial charge in [0, 0.05) is 22.8 Å². The molecule has 1 N–H and O–H groups in total. The van der Waals surface area contributed by atoms with Crippen LogP contribution >= 0.6 is 0 Å². The van der Waals surface area contributed by atoms with Crippen LogP contribution < -0.4 is 10.1 Å². The fraction of sp³-hybridized carbons (Fsp3) is 0.250. The quantitative estimate of drug-likeness (QED) is 0.298. The predicted molar refractivity (Wildman–Crippen MR) is 134 cm³/mol. The molecule has 0 radical (unpaired) electrons. The summed E-state index contributed by atoms with van der Waals surface area (Å²) in [5, 5.41) is 3.65. The number of hydrogen-bond donors (Lipinski definition) is 1. The topological polar surface area (TPSA) is 52.5 Å². The van der Waals surface area contributed by atoms with Crippen molar-refractivity contribution in [1.29, 1.82) is 0 Å². The Hall–Kier alpha value is -3.78. The number of rotatable bonds is 6. The molecule has 4 aromatic rings. The summed E-state index contributed by atoms with van der Waals surface area (Å²) in [6.45, 7) is 6.61. The third-order valence-electron chi connectivity index (χ3n) is 5.48. The maximum absolute atomic E-state index is 13.2. The number of benzene rings is 3. The van der Waals surface area contributed by atoms with Crippen LogP contribution in [-0.4, -0.2) is 29.2 Å². The molecule has 0 saturated carbocycles. The number of halogens is 3. The Labute approximate surface area is 207 Å². The average Bonchev–Trinajstić information content (AvgIpc) is 3.19. The standard InChI is InChI=1S/C28H27F3N2O3/c1-27(2,3)35-17-16-19-8-4-5-9-22(19)24-18-33(25-11-7-6-10-23(24)25)26(34)32-20-12-14-21(15-13-20)36-28(29,30)31/h4-15,18H,16-17H2,1-3H3,(H,32,34). The molecular formula is C28H27F3N2O3. The molecular weight excluding hydrogens is 469 g/mol. The maximum Gasteiger partial charge on any atom is 0.573 e. The van der Waals surface area contributed by atoms with E-state index in [0.717, 1.165) is 34.2 Å². The van der Waals surface area contributed by atoms with Crippen molar-refractivity contribution >= 4 is 22.6 Å². The van der Waals surface area contributed by atoms with Crippen LogP contribution in [0.5, 0.6) is 5.75 Å². The van der Waals surface area contributed by atoms with Gasteiger partial charge in [-0.25, -0.2) is 4.79 Å². The van der Waals surface area contributed by atoms with E-state index in [9.17, 15) is 18.0 Å². The Morgan fingerprint density at radius 2 is 1.56 bits per heavy atom. The third-order valence-corrected chi connectivity index (χ3v) is 5.48. The summed E-state index contributed by atoms with van der Waals surface area (Å²) in [4.78, 5) is 13.2. The highest BCUT2D eigenvalue weighted by atomic mass is 19.4. The van der Waals surface area contributed by atoms with E-state index in [1.807, 2.05) is 63.2 Å². The lowest BCUT2D eigenvalue weighted by Gasteiger charge is -2.20. The molecule has 1 amide bonds. The smallest absolute Gasteiger partial charge is 0.406 e. The van der Waals surface area contributed by atoms with Gasteiger partial charge in [0.2, 0.25) is 0 Å². The third kappa shape index (κ3) is 6.26. The van der Waals surface area contributed by atoms with Crippen LogP contribution in [0.3, 0.4) is 0 Å². The van der Waals surface area contributed by atoms with Gasteiger partial charge in [-0.2, -0.15) is 0 Å². The number of carbonyl (C=O) groups excluding carboxylic acids is 1. The summed E-state index contributed by atoms with van der Waals surface area (Å²) in [7, 11) is 0. The van der Waals surface area contributed by atoms with Crippen LogP contribution in [0.15, 0.2) is 79.0 Å². The molecule has 1 aromatic heterocycles. The Balaban J connectivity index is 1.62. The highest BCUT2D eigenvalue weighted by Crippen LogP contribution is 2.33. The van der Waals surface area contributed by atoms with E-state index in [1.165, 1.54) is 16.7 Å². The molecule has 0 aliphatic carbocycles. The number of ether oxygens (including phenoxy) is 2. The predicted octanol–water partition coefficient (Wildman–Crippen LogP) is 7.64. The van der Waals surface area contributed by atoms with Crippen molar-refractivity contribution in [3.05, 3.63) is 84.6 Å². The molecule has 0 aliphatic heterocycles. The molecule has 0 saturated heterocycles. The van der Waals surface area contributed by atoms with Crippen molar-refractivity contribution in [1.82, 2.24) is 4.57 Å². The van der Waals surface area contributed by atoms with Gasteiger partial charge in [-0.05, 0) is 68.7 Å². The molecule has 8 heteroatoms. The minimum Gasteiger partial charge on any atom is -0.406 e. The molecule has 3 aromatic carbocycles. The normalized spacial score (nSPS) is 12.1. The summed E-state index contributed by atoms with van der Waals surface area (Å²) < 4.78 is 48.5. The van der Waals surface area contributed by atoms with Crippen molar-refractivity contribution in [2.45, 2.75) is 39.2 Å². The average molecular weight is 497 g/mol. The fourth-order valence-electron chi connectivity index (χ4n) is 3.95. The summed E-state index contributed by atoms with van der Waals surface area (Å²) in [6.07, 6.45) is -2.28. The Bertz CT molecular complexity index is 1350. The van der Waals surface area contributed by atoms with Crippen LogP contribution in [0.2, 0.25) is 0 Å². The summed E-state index contributed by atoms with van der Waals surface area (Å²) >= 11 is 0. The van der Waals surface area contributed by atoms with Gasteiger partial charge in [-0.3, -0.25) is 4.57 Å². The SMILES string of the molecule is CC(C)(C)OCCc1ccccc1-c1cn(C(=O)Nc2ccc(OC(F)(F)F)cc2)c2ccccc12. The van der Waals surface area contributed by atoms with Gasteiger partial charge in [0.15, 0.2) is 0 Å². The molecule has 188 valence electrons. The highest BCUT2D eigenvalue weighted by Gasteiger charge is 2.31. The molecule has 0 unspecified atom stereocenters. The Morgan fingerprint density at radius 3 is 2.25 bits per heavy atom. The zero-order valence-corrected chi connectivity index (χ0v) is 20.2.